The van der Waals surface area contributed by atoms with E-state index in [-0.39, 0.29) is 22.6 Å². The van der Waals surface area contributed by atoms with Gasteiger partial charge in [-0.25, -0.2) is 17.5 Å². The highest BCUT2D eigenvalue weighted by molar-refractivity contribution is 9.10. The van der Waals surface area contributed by atoms with Crippen LogP contribution in [0.4, 0.5) is 10.1 Å². The first-order valence-corrected chi connectivity index (χ1v) is 7.79. The van der Waals surface area contributed by atoms with Gasteiger partial charge in [-0.15, -0.1) is 0 Å². The number of rotatable bonds is 5. The fourth-order valence-corrected chi connectivity index (χ4v) is 3.16. The minimum absolute atomic E-state index is 0.0337. The van der Waals surface area contributed by atoms with Gasteiger partial charge in [0.2, 0.25) is 10.0 Å². The molecule has 18 heavy (non-hydrogen) atoms. The van der Waals surface area contributed by atoms with Crippen LogP contribution in [-0.2, 0) is 10.0 Å². The van der Waals surface area contributed by atoms with Crippen molar-refractivity contribution in [2.24, 2.45) is 5.92 Å². The zero-order valence-corrected chi connectivity index (χ0v) is 12.6. The maximum Gasteiger partial charge on any atom is 0.243 e. The van der Waals surface area contributed by atoms with Crippen LogP contribution in [0.3, 0.4) is 0 Å². The largest absolute Gasteiger partial charge is 0.399 e. The van der Waals surface area contributed by atoms with Gasteiger partial charge in [-0.05, 0) is 34.0 Å². The summed E-state index contributed by atoms with van der Waals surface area (Å²) >= 11 is 2.94. The van der Waals surface area contributed by atoms with Gasteiger partial charge < -0.3 is 5.73 Å². The van der Waals surface area contributed by atoms with Gasteiger partial charge in [0.05, 0.1) is 4.47 Å². The first-order valence-electron chi connectivity index (χ1n) is 5.52. The Hall–Kier alpha value is -0.660. The van der Waals surface area contributed by atoms with Crippen molar-refractivity contribution < 1.29 is 12.8 Å². The van der Waals surface area contributed by atoms with E-state index in [9.17, 15) is 12.8 Å². The Labute approximate surface area is 115 Å². The van der Waals surface area contributed by atoms with E-state index in [2.05, 4.69) is 20.7 Å². The van der Waals surface area contributed by atoms with Crippen LogP contribution in [-0.4, -0.2) is 15.0 Å². The summed E-state index contributed by atoms with van der Waals surface area (Å²) < 4.78 is 40.1. The summed E-state index contributed by atoms with van der Waals surface area (Å²) in [5.41, 5.74) is 5.71. The minimum atomic E-state index is -3.88. The number of nitrogen functional groups attached to an aromatic ring is 1. The molecule has 1 aromatic rings. The lowest BCUT2D eigenvalue weighted by molar-refractivity contribution is 0.520. The van der Waals surface area contributed by atoms with Crippen LogP contribution in [0.1, 0.15) is 20.3 Å². The van der Waals surface area contributed by atoms with E-state index in [1.54, 1.807) is 0 Å². The molecule has 0 aromatic heterocycles. The SMILES string of the molecule is CCC(C)CNS(=O)(=O)c1cc(N)cc(Br)c1F. The highest BCUT2D eigenvalue weighted by Crippen LogP contribution is 2.26. The fraction of sp³-hybridized carbons (Fsp3) is 0.455. The van der Waals surface area contributed by atoms with Gasteiger partial charge in [-0.2, -0.15) is 0 Å². The van der Waals surface area contributed by atoms with Crippen molar-refractivity contribution in [3.63, 3.8) is 0 Å². The maximum absolute atomic E-state index is 13.8. The molecular weight excluding hydrogens is 323 g/mol. The number of benzene rings is 1. The first kappa shape index (κ1) is 15.4. The van der Waals surface area contributed by atoms with E-state index in [4.69, 9.17) is 5.73 Å². The van der Waals surface area contributed by atoms with E-state index in [1.165, 1.54) is 6.07 Å². The summed E-state index contributed by atoms with van der Waals surface area (Å²) in [4.78, 5) is -0.433. The Kier molecular flexibility index (Phi) is 5.12. The van der Waals surface area contributed by atoms with Gasteiger partial charge in [0.25, 0.3) is 0 Å². The topological polar surface area (TPSA) is 72.2 Å². The summed E-state index contributed by atoms with van der Waals surface area (Å²) in [6, 6.07) is 2.43. The van der Waals surface area contributed by atoms with Crippen molar-refractivity contribution >= 4 is 31.6 Å². The molecule has 0 bridgehead atoms. The van der Waals surface area contributed by atoms with Gasteiger partial charge in [0.15, 0.2) is 5.82 Å². The van der Waals surface area contributed by atoms with E-state index in [1.807, 2.05) is 13.8 Å². The van der Waals surface area contributed by atoms with Crippen LogP contribution in [0, 0.1) is 11.7 Å². The highest BCUT2D eigenvalue weighted by Gasteiger charge is 2.21. The smallest absolute Gasteiger partial charge is 0.243 e. The first-order chi connectivity index (χ1) is 8.27. The third kappa shape index (κ3) is 3.66. The quantitative estimate of drug-likeness (QED) is 0.810. The van der Waals surface area contributed by atoms with Crippen LogP contribution in [0.15, 0.2) is 21.5 Å². The van der Waals surface area contributed by atoms with Crippen LogP contribution in [0.25, 0.3) is 0 Å². The Morgan fingerprint density at radius 2 is 2.11 bits per heavy atom. The summed E-state index contributed by atoms with van der Waals surface area (Å²) in [6.45, 7) is 4.13. The van der Waals surface area contributed by atoms with Crippen LogP contribution >= 0.6 is 15.9 Å². The Balaban J connectivity index is 3.05. The number of nitrogens with one attached hydrogen (secondary N) is 1. The molecule has 1 rings (SSSR count). The van der Waals surface area contributed by atoms with Crippen LogP contribution in [0.5, 0.6) is 0 Å². The molecular formula is C11H16BrFN2O2S. The number of hydrogen-bond acceptors (Lipinski definition) is 3. The minimum Gasteiger partial charge on any atom is -0.399 e. The van der Waals surface area contributed by atoms with Crippen molar-refractivity contribution in [1.82, 2.24) is 4.72 Å². The van der Waals surface area contributed by atoms with E-state index >= 15 is 0 Å². The summed E-state index contributed by atoms with van der Waals surface area (Å²) in [6.07, 6.45) is 0.839. The molecule has 0 radical (unpaired) electrons. The molecule has 4 nitrogen and oxygen atoms in total. The van der Waals surface area contributed by atoms with Crippen molar-refractivity contribution in [2.75, 3.05) is 12.3 Å². The van der Waals surface area contributed by atoms with Gasteiger partial charge in [-0.1, -0.05) is 20.3 Å². The third-order valence-electron chi connectivity index (χ3n) is 2.63. The Morgan fingerprint density at radius 3 is 2.67 bits per heavy atom. The molecule has 0 heterocycles. The average Bonchev–Trinajstić information content (AvgIpc) is 2.30. The number of halogens is 2. The number of hydrogen-bond donors (Lipinski definition) is 2. The lowest BCUT2D eigenvalue weighted by Gasteiger charge is -2.12. The van der Waals surface area contributed by atoms with Crippen LogP contribution in [0.2, 0.25) is 0 Å². The summed E-state index contributed by atoms with van der Waals surface area (Å²) in [5, 5.41) is 0. The second-order valence-electron chi connectivity index (χ2n) is 4.18. The third-order valence-corrected chi connectivity index (χ3v) is 4.63. The Bertz CT molecular complexity index is 534. The molecule has 0 fully saturated rings. The standard InChI is InChI=1S/C11H16BrFN2O2S/c1-3-7(2)6-15-18(16,17)10-5-8(14)4-9(12)11(10)13/h4-5,7,15H,3,6,14H2,1-2H3. The maximum atomic E-state index is 13.8. The molecule has 102 valence electrons. The van der Waals surface area contributed by atoms with Gasteiger partial charge in [-0.3, -0.25) is 0 Å². The van der Waals surface area contributed by atoms with Crippen molar-refractivity contribution in [3.8, 4) is 0 Å². The molecule has 0 spiro atoms. The molecule has 0 aliphatic carbocycles. The zero-order chi connectivity index (χ0) is 13.9. The zero-order valence-electron chi connectivity index (χ0n) is 10.2. The van der Waals surface area contributed by atoms with Crippen molar-refractivity contribution in [1.29, 1.82) is 0 Å². The van der Waals surface area contributed by atoms with Crippen molar-refractivity contribution in [2.45, 2.75) is 25.2 Å². The number of sulfonamides is 1. The molecule has 0 saturated heterocycles. The van der Waals surface area contributed by atoms with Crippen molar-refractivity contribution in [3.05, 3.63) is 22.4 Å². The number of anilines is 1. The summed E-state index contributed by atoms with van der Waals surface area (Å²) in [7, 11) is -3.88. The average molecular weight is 339 g/mol. The van der Waals surface area contributed by atoms with Gasteiger partial charge in [0, 0.05) is 12.2 Å². The normalized spacial score (nSPS) is 13.6. The van der Waals surface area contributed by atoms with Crippen LogP contribution < -0.4 is 10.5 Å². The monoisotopic (exact) mass is 338 g/mol. The second-order valence-corrected chi connectivity index (χ2v) is 6.77. The molecule has 0 aliphatic heterocycles. The second kappa shape index (κ2) is 5.99. The van der Waals surface area contributed by atoms with Gasteiger partial charge in [0.1, 0.15) is 4.90 Å². The fourth-order valence-electron chi connectivity index (χ4n) is 1.25. The number of nitrogens with two attached hydrogens (primary N) is 1. The van der Waals surface area contributed by atoms with E-state index < -0.39 is 20.7 Å². The molecule has 3 N–H and O–H groups in total. The predicted molar refractivity (Wildman–Crippen MR) is 73.2 cm³/mol. The predicted octanol–water partition coefficient (Wildman–Crippen LogP) is 2.49. The molecule has 1 atom stereocenters. The van der Waals surface area contributed by atoms with E-state index in [0.29, 0.717) is 0 Å². The molecule has 0 amide bonds. The lowest BCUT2D eigenvalue weighted by Crippen LogP contribution is -2.29. The Morgan fingerprint density at radius 1 is 1.50 bits per heavy atom. The molecule has 0 saturated carbocycles. The van der Waals surface area contributed by atoms with Gasteiger partial charge >= 0.3 is 0 Å². The summed E-state index contributed by atoms with van der Waals surface area (Å²) in [5.74, 6) is -0.645. The molecule has 1 unspecified atom stereocenters. The van der Waals surface area contributed by atoms with E-state index in [0.717, 1.165) is 12.5 Å². The molecule has 1 aromatic carbocycles. The molecule has 0 aliphatic rings. The lowest BCUT2D eigenvalue weighted by atomic mass is 10.1. The highest BCUT2D eigenvalue weighted by atomic mass is 79.9. The molecule has 7 heteroatoms.